The first kappa shape index (κ1) is 13.2. The number of aliphatic hydroxyl groups excluding tert-OH is 1. The van der Waals surface area contributed by atoms with Gasteiger partial charge in [0.2, 0.25) is 0 Å². The van der Waals surface area contributed by atoms with Crippen LogP contribution in [0.1, 0.15) is 30.4 Å². The number of benzene rings is 1. The van der Waals surface area contributed by atoms with E-state index in [1.807, 2.05) is 6.07 Å². The Morgan fingerprint density at radius 1 is 1.32 bits per heavy atom. The molecule has 5 rings (SSSR count). The van der Waals surface area contributed by atoms with Gasteiger partial charge in [-0.1, -0.05) is 6.07 Å². The van der Waals surface area contributed by atoms with Crippen LogP contribution in [-0.2, 0) is 11.8 Å². The molecular formula is C17H21NO4. The molecule has 1 aromatic carbocycles. The predicted molar refractivity (Wildman–Crippen MR) is 79.1 cm³/mol. The molecule has 22 heavy (non-hydrogen) atoms. The lowest BCUT2D eigenvalue weighted by Gasteiger charge is -2.63. The Morgan fingerprint density at radius 2 is 2.14 bits per heavy atom. The van der Waals surface area contributed by atoms with E-state index in [1.54, 1.807) is 6.07 Å². The highest BCUT2D eigenvalue weighted by Gasteiger charge is 2.72. The molecule has 3 N–H and O–H groups in total. The van der Waals surface area contributed by atoms with Crippen molar-refractivity contribution in [3.8, 4) is 11.5 Å². The molecule has 0 radical (unpaired) electrons. The fourth-order valence-electron chi connectivity index (χ4n) is 5.73. The van der Waals surface area contributed by atoms with Crippen LogP contribution in [0, 0.1) is 0 Å². The van der Waals surface area contributed by atoms with Gasteiger partial charge in [-0.3, -0.25) is 0 Å². The van der Waals surface area contributed by atoms with E-state index in [1.165, 1.54) is 0 Å². The lowest BCUT2D eigenvalue weighted by atomic mass is 9.49. The first-order valence-electron chi connectivity index (χ1n) is 8.12. The number of piperidine rings is 1. The van der Waals surface area contributed by atoms with Crippen LogP contribution in [0.3, 0.4) is 0 Å². The average molecular weight is 303 g/mol. The zero-order valence-corrected chi connectivity index (χ0v) is 12.6. The van der Waals surface area contributed by atoms with Crippen molar-refractivity contribution in [3.05, 3.63) is 23.3 Å². The van der Waals surface area contributed by atoms with Crippen LogP contribution in [0.5, 0.6) is 11.5 Å². The van der Waals surface area contributed by atoms with E-state index in [0.29, 0.717) is 18.6 Å². The van der Waals surface area contributed by atoms with E-state index >= 15 is 0 Å². The maximum Gasteiger partial charge on any atom is 0.165 e. The summed E-state index contributed by atoms with van der Waals surface area (Å²) in [6.07, 6.45) is 1.59. The summed E-state index contributed by atoms with van der Waals surface area (Å²) in [4.78, 5) is 2.24. The molecule has 5 heteroatoms. The third-order valence-corrected chi connectivity index (χ3v) is 6.70. The first-order chi connectivity index (χ1) is 10.5. The van der Waals surface area contributed by atoms with Gasteiger partial charge in [0.05, 0.1) is 17.1 Å². The van der Waals surface area contributed by atoms with Crippen molar-refractivity contribution < 1.29 is 20.1 Å². The molecule has 1 saturated heterocycles. The quantitative estimate of drug-likeness (QED) is 0.652. The summed E-state index contributed by atoms with van der Waals surface area (Å²) in [6, 6.07) is 3.67. The Bertz CT molecular complexity index is 677. The molecule has 118 valence electrons. The third kappa shape index (κ3) is 1.17. The highest BCUT2D eigenvalue weighted by Crippen LogP contribution is 2.65. The normalized spacial score (nSPS) is 45.3. The van der Waals surface area contributed by atoms with E-state index in [-0.39, 0.29) is 11.8 Å². The van der Waals surface area contributed by atoms with Crippen molar-refractivity contribution in [2.75, 3.05) is 13.6 Å². The van der Waals surface area contributed by atoms with Gasteiger partial charge in [-0.2, -0.15) is 0 Å². The van der Waals surface area contributed by atoms with Crippen LogP contribution in [0.2, 0.25) is 0 Å². The summed E-state index contributed by atoms with van der Waals surface area (Å²) >= 11 is 0. The second-order valence-corrected chi connectivity index (χ2v) is 7.44. The highest BCUT2D eigenvalue weighted by molar-refractivity contribution is 5.62. The topological polar surface area (TPSA) is 73.2 Å². The standard InChI is InChI=1S/C17H21NO4/c1-18-7-6-16-13-9-2-3-10(19)14(13)22-15(16)11(20)4-5-17(16,21)12(18)8-9/h2-3,11-12,15,19-21H,4-8H2,1H3/t11-,12-,15+,16+,17-/m1/s1. The molecule has 2 heterocycles. The maximum atomic E-state index is 11.7. The van der Waals surface area contributed by atoms with E-state index in [9.17, 15) is 15.3 Å². The minimum absolute atomic E-state index is 0.0443. The van der Waals surface area contributed by atoms with Gasteiger partial charge in [-0.25, -0.2) is 0 Å². The first-order valence-corrected chi connectivity index (χ1v) is 8.12. The fourth-order valence-corrected chi connectivity index (χ4v) is 5.73. The van der Waals surface area contributed by atoms with E-state index in [4.69, 9.17) is 4.74 Å². The van der Waals surface area contributed by atoms with Crippen LogP contribution < -0.4 is 4.74 Å². The van der Waals surface area contributed by atoms with Crippen LogP contribution >= 0.6 is 0 Å². The van der Waals surface area contributed by atoms with Gasteiger partial charge in [-0.15, -0.1) is 0 Å². The highest BCUT2D eigenvalue weighted by atomic mass is 16.5. The van der Waals surface area contributed by atoms with Crippen molar-refractivity contribution in [1.82, 2.24) is 4.90 Å². The zero-order chi connectivity index (χ0) is 15.3. The van der Waals surface area contributed by atoms with Crippen LogP contribution in [0.15, 0.2) is 12.1 Å². The Labute approximate surface area is 129 Å². The lowest BCUT2D eigenvalue weighted by molar-refractivity contribution is -0.204. The monoisotopic (exact) mass is 303 g/mol. The summed E-state index contributed by atoms with van der Waals surface area (Å²) in [5.74, 6) is 0.610. The van der Waals surface area contributed by atoms with E-state index < -0.39 is 23.2 Å². The number of likely N-dealkylation sites (N-methyl/N-ethyl adjacent to an activating group) is 1. The van der Waals surface area contributed by atoms with Crippen LogP contribution in [0.4, 0.5) is 0 Å². The van der Waals surface area contributed by atoms with Gasteiger partial charge in [0.1, 0.15) is 6.10 Å². The number of aliphatic hydroxyl groups is 2. The molecule has 0 unspecified atom stereocenters. The Hall–Kier alpha value is -1.30. The number of phenols is 1. The van der Waals surface area contributed by atoms with Gasteiger partial charge < -0.3 is 25.0 Å². The van der Waals surface area contributed by atoms with Crippen molar-refractivity contribution in [2.45, 2.75) is 54.9 Å². The van der Waals surface area contributed by atoms with Crippen molar-refractivity contribution in [3.63, 3.8) is 0 Å². The summed E-state index contributed by atoms with van der Waals surface area (Å²) in [7, 11) is 2.07. The van der Waals surface area contributed by atoms with E-state index in [2.05, 4.69) is 11.9 Å². The zero-order valence-electron chi connectivity index (χ0n) is 12.6. The SMILES string of the molecule is CN1CC[C@]23c4c5ccc(O)c4O[C@H]2[C@H](O)CC[C@@]3(O)[C@H]1C5. The Balaban J connectivity index is 1.86. The Morgan fingerprint density at radius 3 is 2.95 bits per heavy atom. The number of hydrogen-bond acceptors (Lipinski definition) is 5. The summed E-state index contributed by atoms with van der Waals surface area (Å²) in [5.41, 5.74) is 0.633. The summed E-state index contributed by atoms with van der Waals surface area (Å²) in [6.45, 7) is 0.869. The molecule has 5 nitrogen and oxygen atoms in total. The third-order valence-electron chi connectivity index (χ3n) is 6.70. The van der Waals surface area contributed by atoms with E-state index in [0.717, 1.165) is 30.5 Å². The van der Waals surface area contributed by atoms with Crippen molar-refractivity contribution in [1.29, 1.82) is 0 Å². The van der Waals surface area contributed by atoms with Crippen molar-refractivity contribution in [2.24, 2.45) is 0 Å². The van der Waals surface area contributed by atoms with Crippen LogP contribution in [-0.4, -0.2) is 57.7 Å². The number of likely N-dealkylation sites (tertiary alicyclic amines) is 1. The van der Waals surface area contributed by atoms with Crippen LogP contribution in [0.25, 0.3) is 0 Å². The number of ether oxygens (including phenoxy) is 1. The fraction of sp³-hybridized carbons (Fsp3) is 0.647. The molecule has 0 aromatic heterocycles. The van der Waals surface area contributed by atoms with Gasteiger partial charge in [0.25, 0.3) is 0 Å². The number of nitrogens with zero attached hydrogens (tertiary/aromatic N) is 1. The summed E-state index contributed by atoms with van der Waals surface area (Å²) < 4.78 is 6.04. The lowest BCUT2D eigenvalue weighted by Crippen LogP contribution is -2.76. The number of rotatable bonds is 0. The number of hydrogen-bond donors (Lipinski definition) is 3. The smallest absolute Gasteiger partial charge is 0.165 e. The maximum absolute atomic E-state index is 11.7. The molecule has 5 atom stereocenters. The van der Waals surface area contributed by atoms with Gasteiger partial charge >= 0.3 is 0 Å². The second kappa shape index (κ2) is 3.78. The largest absolute Gasteiger partial charge is 0.504 e. The Kier molecular flexibility index (Phi) is 2.26. The molecule has 1 saturated carbocycles. The molecule has 1 aromatic rings. The average Bonchev–Trinajstić information content (AvgIpc) is 2.85. The minimum atomic E-state index is -0.893. The molecule has 4 aliphatic rings. The van der Waals surface area contributed by atoms with Gasteiger partial charge in [0.15, 0.2) is 11.5 Å². The predicted octanol–water partition coefficient (Wildman–Crippen LogP) is 0.537. The molecule has 2 aliphatic carbocycles. The molecule has 2 bridgehead atoms. The van der Waals surface area contributed by atoms with Crippen molar-refractivity contribution >= 4 is 0 Å². The van der Waals surface area contributed by atoms with Gasteiger partial charge in [0, 0.05) is 11.6 Å². The molecule has 0 amide bonds. The molecule has 2 aliphatic heterocycles. The number of aromatic hydroxyl groups is 1. The molecule has 2 fully saturated rings. The second-order valence-electron chi connectivity index (χ2n) is 7.44. The molecule has 1 spiro atoms. The number of phenolic OH excluding ortho intramolecular Hbond substituents is 1. The summed E-state index contributed by atoms with van der Waals surface area (Å²) in [5, 5.41) is 32.4. The van der Waals surface area contributed by atoms with Gasteiger partial charge in [-0.05, 0) is 50.9 Å². The minimum Gasteiger partial charge on any atom is -0.504 e. The molecular weight excluding hydrogens is 282 g/mol.